The molecule has 26 heavy (non-hydrogen) atoms. The van der Waals surface area contributed by atoms with Crippen LogP contribution in [0.25, 0.3) is 0 Å². The van der Waals surface area contributed by atoms with Crippen LogP contribution in [0.1, 0.15) is 44.6 Å². The van der Waals surface area contributed by atoms with Crippen molar-refractivity contribution in [1.29, 1.82) is 0 Å². The van der Waals surface area contributed by atoms with Crippen molar-refractivity contribution in [2.75, 3.05) is 0 Å². The molecule has 2 aromatic rings. The number of para-hydroxylation sites is 1. The molecule has 0 spiro atoms. The Morgan fingerprint density at radius 1 is 1.04 bits per heavy atom. The van der Waals surface area contributed by atoms with E-state index in [4.69, 9.17) is 9.29 Å². The summed E-state index contributed by atoms with van der Waals surface area (Å²) in [5, 5.41) is 11.6. The molecule has 0 radical (unpaired) electrons. The molecule has 0 heterocycles. The first-order valence-corrected chi connectivity index (χ1v) is 9.89. The fraction of sp³-hybridized carbons (Fsp3) is 0.368. The molecular weight excluding hydrogens is 379 g/mol. The number of rotatable bonds is 9. The maximum absolute atomic E-state index is 11.6. The quantitative estimate of drug-likeness (QED) is 0.388. The Labute approximate surface area is 198 Å². The van der Waals surface area contributed by atoms with Crippen LogP contribution >= 0.6 is 0 Å². The van der Waals surface area contributed by atoms with Crippen LogP contribution < -0.4 is 61.2 Å². The molecule has 0 aliphatic carbocycles. The number of benzene rings is 2. The van der Waals surface area contributed by atoms with Gasteiger partial charge in [0.05, 0.1) is 4.90 Å². The van der Waals surface area contributed by atoms with Gasteiger partial charge in [0, 0.05) is 6.07 Å². The van der Waals surface area contributed by atoms with Crippen LogP contribution in [0.2, 0.25) is 0 Å². The summed E-state index contributed by atoms with van der Waals surface area (Å²) in [6.45, 7) is 2.17. The minimum Gasteiger partial charge on any atom is -0.872 e. The summed E-state index contributed by atoms with van der Waals surface area (Å²) in [5.74, 6) is 0.144. The van der Waals surface area contributed by atoms with Crippen LogP contribution in [0.3, 0.4) is 0 Å². The van der Waals surface area contributed by atoms with E-state index < -0.39 is 20.8 Å². The van der Waals surface area contributed by atoms with E-state index in [1.54, 1.807) is 6.07 Å². The van der Waals surface area contributed by atoms with Crippen molar-refractivity contribution in [3.05, 3.63) is 48.0 Å². The summed E-state index contributed by atoms with van der Waals surface area (Å²) < 4.78 is 37.3. The molecule has 0 aliphatic heterocycles. The molecular formula is C19H23KO5S. The van der Waals surface area contributed by atoms with Gasteiger partial charge in [-0.3, -0.25) is 4.55 Å². The second-order valence-electron chi connectivity index (χ2n) is 5.99. The predicted molar refractivity (Wildman–Crippen MR) is 94.7 cm³/mol. The Bertz CT molecular complexity index is 805. The Kier molecular flexibility index (Phi) is 10.4. The zero-order valence-electron chi connectivity index (χ0n) is 15.3. The molecule has 2 aromatic carbocycles. The number of hydrogen-bond acceptors (Lipinski definition) is 4. The van der Waals surface area contributed by atoms with Gasteiger partial charge in [0.25, 0.3) is 10.1 Å². The standard InChI is InChI=1S/C19H24O5S.K/c1-2-3-4-5-6-9-15-10-7-8-11-19(15)24-17-12-16(20)13-18(14-17)25(21,22)23;/h7-8,10-14,20H,2-6,9H2,1H3,(H,21,22,23);/q;+1/p-1. The second-order valence-corrected chi connectivity index (χ2v) is 7.41. The maximum Gasteiger partial charge on any atom is 1.00 e. The van der Waals surface area contributed by atoms with Gasteiger partial charge >= 0.3 is 51.4 Å². The van der Waals surface area contributed by atoms with Gasteiger partial charge in [0.1, 0.15) is 11.5 Å². The molecule has 0 bridgehead atoms. The van der Waals surface area contributed by atoms with Gasteiger partial charge in [-0.15, -0.1) is 5.75 Å². The van der Waals surface area contributed by atoms with E-state index in [0.717, 1.165) is 37.0 Å². The minimum atomic E-state index is -4.45. The molecule has 0 aromatic heterocycles. The van der Waals surface area contributed by atoms with E-state index in [-0.39, 0.29) is 57.1 Å². The Morgan fingerprint density at radius 3 is 2.42 bits per heavy atom. The van der Waals surface area contributed by atoms with E-state index in [2.05, 4.69) is 6.92 Å². The van der Waals surface area contributed by atoms with E-state index >= 15 is 0 Å². The molecule has 0 amide bonds. The third kappa shape index (κ3) is 7.68. The number of aryl methyl sites for hydroxylation is 1. The summed E-state index contributed by atoms with van der Waals surface area (Å²) in [6.07, 6.45) is 6.66. The average molecular weight is 403 g/mol. The van der Waals surface area contributed by atoms with E-state index in [0.29, 0.717) is 5.75 Å². The van der Waals surface area contributed by atoms with E-state index in [9.17, 15) is 13.5 Å². The summed E-state index contributed by atoms with van der Waals surface area (Å²) in [5.41, 5.74) is 1.00. The first-order chi connectivity index (χ1) is 11.9. The van der Waals surface area contributed by atoms with Crippen molar-refractivity contribution in [2.45, 2.75) is 50.3 Å². The number of ether oxygens (including phenoxy) is 1. The summed E-state index contributed by atoms with van der Waals surface area (Å²) >= 11 is 0. The molecule has 0 saturated carbocycles. The zero-order chi connectivity index (χ0) is 18.3. The van der Waals surface area contributed by atoms with Gasteiger partial charge in [0.2, 0.25) is 0 Å². The average Bonchev–Trinajstić information content (AvgIpc) is 2.55. The zero-order valence-corrected chi connectivity index (χ0v) is 19.2. The third-order valence-electron chi connectivity index (χ3n) is 3.90. The van der Waals surface area contributed by atoms with Gasteiger partial charge in [-0.25, -0.2) is 0 Å². The van der Waals surface area contributed by atoms with E-state index in [1.165, 1.54) is 25.3 Å². The van der Waals surface area contributed by atoms with Crippen molar-refractivity contribution in [3.8, 4) is 17.2 Å². The van der Waals surface area contributed by atoms with Crippen LogP contribution in [0, 0.1) is 0 Å². The molecule has 5 nitrogen and oxygen atoms in total. The van der Waals surface area contributed by atoms with Crippen LogP contribution in [-0.4, -0.2) is 13.0 Å². The predicted octanol–water partition coefficient (Wildman–Crippen LogP) is 1.32. The first kappa shape index (κ1) is 23.6. The Morgan fingerprint density at radius 2 is 1.73 bits per heavy atom. The Balaban J connectivity index is 0.00000338. The van der Waals surface area contributed by atoms with Crippen LogP contribution in [-0.2, 0) is 16.5 Å². The molecule has 0 unspecified atom stereocenters. The van der Waals surface area contributed by atoms with Crippen LogP contribution in [0.5, 0.6) is 17.2 Å². The fourth-order valence-corrected chi connectivity index (χ4v) is 3.14. The normalized spacial score (nSPS) is 11.0. The second kappa shape index (κ2) is 11.4. The molecule has 2 rings (SSSR count). The van der Waals surface area contributed by atoms with Crippen molar-refractivity contribution in [1.82, 2.24) is 0 Å². The van der Waals surface area contributed by atoms with Crippen molar-refractivity contribution in [3.63, 3.8) is 0 Å². The van der Waals surface area contributed by atoms with Gasteiger partial charge in [-0.05, 0) is 36.6 Å². The van der Waals surface area contributed by atoms with Gasteiger partial charge in [-0.2, -0.15) is 8.42 Å². The van der Waals surface area contributed by atoms with Crippen molar-refractivity contribution >= 4 is 10.1 Å². The van der Waals surface area contributed by atoms with Crippen molar-refractivity contribution in [2.24, 2.45) is 0 Å². The number of unbranched alkanes of at least 4 members (excludes halogenated alkanes) is 4. The molecule has 0 saturated heterocycles. The monoisotopic (exact) mass is 402 g/mol. The molecule has 7 heteroatoms. The fourth-order valence-electron chi connectivity index (χ4n) is 2.61. The smallest absolute Gasteiger partial charge is 0.872 e. The minimum absolute atomic E-state index is 0. The molecule has 0 fully saturated rings. The van der Waals surface area contributed by atoms with Gasteiger partial charge < -0.3 is 9.84 Å². The topological polar surface area (TPSA) is 86.7 Å². The van der Waals surface area contributed by atoms with Crippen LogP contribution in [0.4, 0.5) is 0 Å². The molecule has 1 N–H and O–H groups in total. The Hall–Kier alpha value is -0.414. The van der Waals surface area contributed by atoms with E-state index in [1.807, 2.05) is 18.2 Å². The first-order valence-electron chi connectivity index (χ1n) is 8.45. The van der Waals surface area contributed by atoms with Gasteiger partial charge in [0.15, 0.2) is 0 Å². The summed E-state index contributed by atoms with van der Waals surface area (Å²) in [4.78, 5) is -0.466. The van der Waals surface area contributed by atoms with Gasteiger partial charge in [-0.1, -0.05) is 50.8 Å². The maximum atomic E-state index is 11.6. The van der Waals surface area contributed by atoms with Crippen LogP contribution in [0.15, 0.2) is 47.4 Å². The SMILES string of the molecule is CCCCCCCc1ccccc1Oc1cc([O-])cc(S(=O)(=O)O)c1.[K+]. The molecule has 0 aliphatic rings. The van der Waals surface area contributed by atoms with Crippen molar-refractivity contribution < 1.29 is 74.2 Å². The summed E-state index contributed by atoms with van der Waals surface area (Å²) in [6, 6.07) is 10.7. The molecule has 0 atom stereocenters. The third-order valence-corrected chi connectivity index (χ3v) is 4.73. The number of hydrogen-bond donors (Lipinski definition) is 1. The summed E-state index contributed by atoms with van der Waals surface area (Å²) in [7, 11) is -4.45. The largest absolute Gasteiger partial charge is 1.00 e. The molecule has 136 valence electrons.